The van der Waals surface area contributed by atoms with E-state index in [0.29, 0.717) is 11.0 Å². The molecule has 0 aromatic rings. The molecular weight excluding hydrogens is 206 g/mol. The van der Waals surface area contributed by atoms with Crippen LogP contribution in [-0.2, 0) is 0 Å². The van der Waals surface area contributed by atoms with Crippen LogP contribution in [0.5, 0.6) is 0 Å². The molecule has 1 nitrogen and oxygen atoms in total. The molecule has 0 N–H and O–H groups in total. The van der Waals surface area contributed by atoms with Crippen molar-refractivity contribution in [3.05, 3.63) is 0 Å². The molecular formula is C16H29N. The van der Waals surface area contributed by atoms with E-state index in [0.717, 1.165) is 17.8 Å². The third kappa shape index (κ3) is 2.16. The number of nitrogens with zero attached hydrogens (tertiary/aromatic N) is 1. The van der Waals surface area contributed by atoms with Crippen molar-refractivity contribution in [2.75, 3.05) is 13.6 Å². The van der Waals surface area contributed by atoms with Gasteiger partial charge in [0.2, 0.25) is 0 Å². The molecule has 4 rings (SSSR count). The van der Waals surface area contributed by atoms with Gasteiger partial charge in [0, 0.05) is 12.1 Å². The first-order chi connectivity index (χ1) is 7.86. The summed E-state index contributed by atoms with van der Waals surface area (Å²) in [4.78, 5) is 2.75. The zero-order valence-electron chi connectivity index (χ0n) is 12.1. The molecule has 98 valence electrons. The van der Waals surface area contributed by atoms with Crippen LogP contribution in [-0.4, -0.2) is 24.0 Å². The first-order valence-corrected chi connectivity index (χ1v) is 7.58. The van der Waals surface area contributed by atoms with Crippen molar-refractivity contribution >= 4 is 0 Å². The van der Waals surface area contributed by atoms with Gasteiger partial charge in [-0.1, -0.05) is 20.8 Å². The van der Waals surface area contributed by atoms with Crippen LogP contribution in [0.4, 0.5) is 0 Å². The highest BCUT2D eigenvalue weighted by Crippen LogP contribution is 2.57. The lowest BCUT2D eigenvalue weighted by atomic mass is 9.52. The lowest BCUT2D eigenvalue weighted by Crippen LogP contribution is -2.60. The summed E-state index contributed by atoms with van der Waals surface area (Å²) in [6.07, 6.45) is 9.19. The van der Waals surface area contributed by atoms with Crippen LogP contribution in [0, 0.1) is 23.2 Å². The van der Waals surface area contributed by atoms with E-state index in [2.05, 4.69) is 32.7 Å². The van der Waals surface area contributed by atoms with Crippen molar-refractivity contribution < 1.29 is 0 Å². The SMILES string of the molecule is CN(CC(C)(C)C)C12CC3CC(CC(C3)C1)C2. The van der Waals surface area contributed by atoms with Crippen LogP contribution in [0.2, 0.25) is 0 Å². The van der Waals surface area contributed by atoms with E-state index < -0.39 is 0 Å². The van der Waals surface area contributed by atoms with E-state index in [4.69, 9.17) is 0 Å². The molecule has 0 aromatic carbocycles. The largest absolute Gasteiger partial charge is 0.300 e. The molecule has 0 heterocycles. The summed E-state index contributed by atoms with van der Waals surface area (Å²) in [5.41, 5.74) is 1.04. The molecule has 0 spiro atoms. The van der Waals surface area contributed by atoms with Crippen LogP contribution in [0.1, 0.15) is 59.3 Å². The number of hydrogen-bond acceptors (Lipinski definition) is 1. The molecule has 4 aliphatic rings. The molecule has 0 atom stereocenters. The molecule has 0 amide bonds. The average Bonchev–Trinajstić information content (AvgIpc) is 2.12. The Labute approximate surface area is 107 Å². The predicted molar refractivity (Wildman–Crippen MR) is 73.0 cm³/mol. The highest BCUT2D eigenvalue weighted by molar-refractivity contribution is 5.07. The molecule has 4 bridgehead atoms. The molecule has 4 saturated carbocycles. The maximum atomic E-state index is 2.75. The van der Waals surface area contributed by atoms with Gasteiger partial charge in [-0.05, 0) is 68.7 Å². The smallest absolute Gasteiger partial charge is 0.0214 e. The number of hydrogen-bond donors (Lipinski definition) is 0. The topological polar surface area (TPSA) is 3.24 Å². The van der Waals surface area contributed by atoms with Crippen molar-refractivity contribution in [2.24, 2.45) is 23.2 Å². The fourth-order valence-electron chi connectivity index (χ4n) is 5.41. The van der Waals surface area contributed by atoms with Crippen LogP contribution in [0.3, 0.4) is 0 Å². The van der Waals surface area contributed by atoms with E-state index in [1.54, 1.807) is 19.3 Å². The Morgan fingerprint density at radius 1 is 0.941 bits per heavy atom. The van der Waals surface area contributed by atoms with E-state index >= 15 is 0 Å². The maximum Gasteiger partial charge on any atom is 0.0214 e. The molecule has 0 radical (unpaired) electrons. The highest BCUT2D eigenvalue weighted by Gasteiger charge is 2.52. The molecule has 0 aromatic heterocycles. The van der Waals surface area contributed by atoms with Gasteiger partial charge >= 0.3 is 0 Å². The second kappa shape index (κ2) is 3.73. The van der Waals surface area contributed by atoms with Gasteiger partial charge < -0.3 is 4.90 Å². The quantitative estimate of drug-likeness (QED) is 0.701. The van der Waals surface area contributed by atoms with Gasteiger partial charge in [0.25, 0.3) is 0 Å². The summed E-state index contributed by atoms with van der Waals surface area (Å²) in [5, 5.41) is 0. The Morgan fingerprint density at radius 2 is 1.35 bits per heavy atom. The standard InChI is InChI=1S/C16H29N/c1-15(2,3)11-17(4)16-8-12-5-13(9-16)7-14(6-12)10-16/h12-14H,5-11H2,1-4H3. The summed E-state index contributed by atoms with van der Waals surface area (Å²) in [6.45, 7) is 8.40. The normalized spacial score (nSPS) is 44.6. The monoisotopic (exact) mass is 235 g/mol. The first-order valence-electron chi connectivity index (χ1n) is 7.58. The molecule has 0 aliphatic heterocycles. The summed E-state index contributed by atoms with van der Waals surface area (Å²) < 4.78 is 0. The fourth-order valence-corrected chi connectivity index (χ4v) is 5.41. The summed E-state index contributed by atoms with van der Waals surface area (Å²) >= 11 is 0. The van der Waals surface area contributed by atoms with Crippen molar-refractivity contribution in [3.63, 3.8) is 0 Å². The summed E-state index contributed by atoms with van der Waals surface area (Å²) in [7, 11) is 2.40. The molecule has 4 aliphatic carbocycles. The van der Waals surface area contributed by atoms with Crippen molar-refractivity contribution in [2.45, 2.75) is 64.8 Å². The van der Waals surface area contributed by atoms with Crippen molar-refractivity contribution in [3.8, 4) is 0 Å². The van der Waals surface area contributed by atoms with Gasteiger partial charge in [-0.3, -0.25) is 0 Å². The van der Waals surface area contributed by atoms with Gasteiger partial charge in [0.1, 0.15) is 0 Å². The molecule has 17 heavy (non-hydrogen) atoms. The molecule has 0 unspecified atom stereocenters. The second-order valence-electron chi connectivity index (χ2n) is 8.56. The van der Waals surface area contributed by atoms with Gasteiger partial charge in [0.15, 0.2) is 0 Å². The van der Waals surface area contributed by atoms with Gasteiger partial charge in [-0.15, -0.1) is 0 Å². The predicted octanol–water partition coefficient (Wildman–Crippen LogP) is 3.93. The third-order valence-electron chi connectivity index (χ3n) is 5.53. The van der Waals surface area contributed by atoms with Gasteiger partial charge in [0.05, 0.1) is 0 Å². The van der Waals surface area contributed by atoms with E-state index in [-0.39, 0.29) is 0 Å². The minimum Gasteiger partial charge on any atom is -0.300 e. The van der Waals surface area contributed by atoms with E-state index in [1.807, 2.05) is 0 Å². The van der Waals surface area contributed by atoms with Gasteiger partial charge in [-0.25, -0.2) is 0 Å². The van der Waals surface area contributed by atoms with Crippen LogP contribution in [0.15, 0.2) is 0 Å². The molecule has 0 saturated heterocycles. The Bertz CT molecular complexity index is 264. The zero-order chi connectivity index (χ0) is 12.3. The second-order valence-corrected chi connectivity index (χ2v) is 8.56. The Hall–Kier alpha value is -0.0400. The molecule has 4 fully saturated rings. The average molecular weight is 235 g/mol. The fraction of sp³-hybridized carbons (Fsp3) is 1.00. The summed E-state index contributed by atoms with van der Waals surface area (Å²) in [5.74, 6) is 3.22. The summed E-state index contributed by atoms with van der Waals surface area (Å²) in [6, 6.07) is 0. The first kappa shape index (κ1) is 12.0. The lowest BCUT2D eigenvalue weighted by molar-refractivity contribution is -0.0870. The van der Waals surface area contributed by atoms with Gasteiger partial charge in [-0.2, -0.15) is 0 Å². The van der Waals surface area contributed by atoms with Crippen molar-refractivity contribution in [1.29, 1.82) is 0 Å². The molecule has 1 heteroatoms. The Morgan fingerprint density at radius 3 is 1.71 bits per heavy atom. The minimum atomic E-state index is 0.443. The van der Waals surface area contributed by atoms with E-state index in [9.17, 15) is 0 Å². The highest BCUT2D eigenvalue weighted by atomic mass is 15.2. The third-order valence-corrected chi connectivity index (χ3v) is 5.53. The van der Waals surface area contributed by atoms with Crippen molar-refractivity contribution in [1.82, 2.24) is 4.90 Å². The Balaban J connectivity index is 1.77. The van der Waals surface area contributed by atoms with E-state index in [1.165, 1.54) is 25.8 Å². The zero-order valence-corrected chi connectivity index (χ0v) is 12.1. The van der Waals surface area contributed by atoms with Crippen LogP contribution in [0.25, 0.3) is 0 Å². The van der Waals surface area contributed by atoms with Crippen LogP contribution >= 0.6 is 0 Å². The Kier molecular flexibility index (Phi) is 2.63. The lowest BCUT2D eigenvalue weighted by Gasteiger charge is -2.60. The van der Waals surface area contributed by atoms with Crippen LogP contribution < -0.4 is 0 Å². The maximum absolute atomic E-state index is 2.75. The number of rotatable bonds is 2. The minimum absolute atomic E-state index is 0.443.